The van der Waals surface area contributed by atoms with Gasteiger partial charge in [-0.2, -0.15) is 13.2 Å². The second kappa shape index (κ2) is 4.68. The van der Waals surface area contributed by atoms with Crippen molar-refractivity contribution in [2.24, 2.45) is 0 Å². The minimum Gasteiger partial charge on any atom is -0.461 e. The molecule has 0 radical (unpaired) electrons. The van der Waals surface area contributed by atoms with E-state index in [1.165, 1.54) is 24.5 Å². The highest BCUT2D eigenvalue weighted by Gasteiger charge is 2.29. The van der Waals surface area contributed by atoms with Crippen LogP contribution in [0.25, 0.3) is 0 Å². The minimum absolute atomic E-state index is 0.0195. The van der Waals surface area contributed by atoms with Gasteiger partial charge in [0.1, 0.15) is 0 Å². The highest BCUT2D eigenvalue weighted by molar-refractivity contribution is 5.94. The average molecular weight is 254 g/mol. The molecule has 0 fully saturated rings. The number of Topliss-reactive ketones (excluding diaryl/α,β-unsaturated/α-hetero) is 1. The monoisotopic (exact) mass is 254 g/mol. The summed E-state index contributed by atoms with van der Waals surface area (Å²) < 4.78 is 41.9. The number of rotatable bonds is 3. The first-order chi connectivity index (χ1) is 8.47. The van der Waals surface area contributed by atoms with Gasteiger partial charge in [-0.3, -0.25) is 4.79 Å². The van der Waals surface area contributed by atoms with E-state index in [2.05, 4.69) is 0 Å². The van der Waals surface area contributed by atoms with Crippen LogP contribution in [-0.4, -0.2) is 5.78 Å². The van der Waals surface area contributed by atoms with Crippen LogP contribution in [0, 0.1) is 0 Å². The summed E-state index contributed by atoms with van der Waals surface area (Å²) in [4.78, 5) is 11.6. The van der Waals surface area contributed by atoms with Crippen molar-refractivity contribution in [3.05, 3.63) is 59.5 Å². The molecule has 0 bridgehead atoms. The molecule has 18 heavy (non-hydrogen) atoms. The maximum absolute atomic E-state index is 12.3. The molecule has 0 atom stereocenters. The van der Waals surface area contributed by atoms with Crippen LogP contribution in [0.4, 0.5) is 13.2 Å². The van der Waals surface area contributed by atoms with Crippen LogP contribution in [0.3, 0.4) is 0 Å². The number of benzene rings is 1. The van der Waals surface area contributed by atoms with Crippen LogP contribution in [0.2, 0.25) is 0 Å². The van der Waals surface area contributed by atoms with Crippen LogP contribution in [0.1, 0.15) is 21.7 Å². The van der Waals surface area contributed by atoms with Crippen LogP contribution >= 0.6 is 0 Å². The third-order valence-electron chi connectivity index (χ3n) is 2.44. The standard InChI is InChI=1S/C13H9F3O2/c14-13(15,16)10-5-3-9(4-6-10)8-11(17)12-2-1-7-18-12/h1-7H,8H2. The van der Waals surface area contributed by atoms with Gasteiger partial charge in [0, 0.05) is 6.42 Å². The van der Waals surface area contributed by atoms with Gasteiger partial charge < -0.3 is 4.42 Å². The van der Waals surface area contributed by atoms with Gasteiger partial charge in [-0.25, -0.2) is 0 Å². The summed E-state index contributed by atoms with van der Waals surface area (Å²) in [6, 6.07) is 7.62. The molecule has 2 aromatic rings. The van der Waals surface area contributed by atoms with Crippen molar-refractivity contribution >= 4 is 5.78 Å². The molecular formula is C13H9F3O2. The molecule has 0 N–H and O–H groups in total. The largest absolute Gasteiger partial charge is 0.461 e. The fourth-order valence-corrected chi connectivity index (χ4v) is 1.52. The Bertz CT molecular complexity index is 524. The fraction of sp³-hybridized carbons (Fsp3) is 0.154. The Kier molecular flexibility index (Phi) is 3.23. The maximum atomic E-state index is 12.3. The van der Waals surface area contributed by atoms with Gasteiger partial charge in [0.15, 0.2) is 5.76 Å². The van der Waals surface area contributed by atoms with Gasteiger partial charge in [-0.05, 0) is 29.8 Å². The Balaban J connectivity index is 2.09. The van der Waals surface area contributed by atoms with E-state index in [0.717, 1.165) is 12.1 Å². The van der Waals surface area contributed by atoms with Crippen LogP contribution < -0.4 is 0 Å². The lowest BCUT2D eigenvalue weighted by Crippen LogP contribution is -2.06. The third-order valence-corrected chi connectivity index (χ3v) is 2.44. The summed E-state index contributed by atoms with van der Waals surface area (Å²) in [6.07, 6.45) is -2.96. The zero-order valence-electron chi connectivity index (χ0n) is 9.20. The van der Waals surface area contributed by atoms with Gasteiger partial charge in [-0.1, -0.05) is 12.1 Å². The number of halogens is 3. The van der Waals surface area contributed by atoms with Crippen molar-refractivity contribution in [3.63, 3.8) is 0 Å². The first-order valence-electron chi connectivity index (χ1n) is 5.19. The minimum atomic E-state index is -4.36. The molecule has 1 heterocycles. The quantitative estimate of drug-likeness (QED) is 0.781. The van der Waals surface area contributed by atoms with Gasteiger partial charge in [0.25, 0.3) is 0 Å². The number of hydrogen-bond donors (Lipinski definition) is 0. The number of carbonyl (C=O) groups excluding carboxylic acids is 1. The van der Waals surface area contributed by atoms with Crippen LogP contribution in [0.5, 0.6) is 0 Å². The highest BCUT2D eigenvalue weighted by atomic mass is 19.4. The molecule has 0 spiro atoms. The van der Waals surface area contributed by atoms with E-state index in [-0.39, 0.29) is 18.0 Å². The average Bonchev–Trinajstić information content (AvgIpc) is 2.82. The molecule has 0 aliphatic heterocycles. The van der Waals surface area contributed by atoms with Gasteiger partial charge >= 0.3 is 6.18 Å². The van der Waals surface area contributed by atoms with Crippen molar-refractivity contribution in [1.82, 2.24) is 0 Å². The lowest BCUT2D eigenvalue weighted by Gasteiger charge is -2.06. The number of ketones is 1. The zero-order valence-corrected chi connectivity index (χ0v) is 9.20. The molecule has 2 nitrogen and oxygen atoms in total. The number of alkyl halides is 3. The number of furan rings is 1. The van der Waals surface area contributed by atoms with Crippen LogP contribution in [0.15, 0.2) is 47.1 Å². The molecule has 0 saturated carbocycles. The van der Waals surface area contributed by atoms with E-state index in [1.807, 2.05) is 0 Å². The van der Waals surface area contributed by atoms with Gasteiger partial charge in [-0.15, -0.1) is 0 Å². The van der Waals surface area contributed by atoms with Crippen molar-refractivity contribution in [1.29, 1.82) is 0 Å². The molecule has 0 saturated heterocycles. The third kappa shape index (κ3) is 2.80. The van der Waals surface area contributed by atoms with E-state index in [0.29, 0.717) is 5.56 Å². The molecule has 0 unspecified atom stereocenters. The van der Waals surface area contributed by atoms with Crippen molar-refractivity contribution < 1.29 is 22.4 Å². The fourth-order valence-electron chi connectivity index (χ4n) is 1.52. The smallest absolute Gasteiger partial charge is 0.416 e. The van der Waals surface area contributed by atoms with Crippen LogP contribution in [-0.2, 0) is 12.6 Å². The second-order valence-electron chi connectivity index (χ2n) is 3.77. The molecule has 1 aromatic heterocycles. The normalized spacial score (nSPS) is 11.5. The van der Waals surface area contributed by atoms with E-state index >= 15 is 0 Å². The first kappa shape index (κ1) is 12.4. The molecule has 94 valence electrons. The highest BCUT2D eigenvalue weighted by Crippen LogP contribution is 2.29. The molecule has 0 aliphatic carbocycles. The lowest BCUT2D eigenvalue weighted by molar-refractivity contribution is -0.137. The Hall–Kier alpha value is -2.04. The number of hydrogen-bond acceptors (Lipinski definition) is 2. The Morgan fingerprint density at radius 2 is 1.78 bits per heavy atom. The summed E-state index contributed by atoms with van der Waals surface area (Å²) in [5, 5.41) is 0. The molecule has 0 amide bonds. The predicted octanol–water partition coefficient (Wildman–Crippen LogP) is 3.72. The number of carbonyl (C=O) groups is 1. The second-order valence-corrected chi connectivity index (χ2v) is 3.77. The first-order valence-corrected chi connectivity index (χ1v) is 5.19. The summed E-state index contributed by atoms with van der Waals surface area (Å²) in [6.45, 7) is 0. The Morgan fingerprint density at radius 3 is 2.28 bits per heavy atom. The molecule has 1 aromatic carbocycles. The predicted molar refractivity (Wildman–Crippen MR) is 58.2 cm³/mol. The summed E-state index contributed by atoms with van der Waals surface area (Å²) >= 11 is 0. The van der Waals surface area contributed by atoms with E-state index in [4.69, 9.17) is 4.42 Å². The summed E-state index contributed by atoms with van der Waals surface area (Å²) in [7, 11) is 0. The summed E-state index contributed by atoms with van der Waals surface area (Å²) in [5.74, 6) is -0.0605. The lowest BCUT2D eigenvalue weighted by atomic mass is 10.1. The molecule has 2 rings (SSSR count). The van der Waals surface area contributed by atoms with Crippen molar-refractivity contribution in [2.45, 2.75) is 12.6 Å². The van der Waals surface area contributed by atoms with Crippen molar-refractivity contribution in [3.8, 4) is 0 Å². The van der Waals surface area contributed by atoms with Crippen molar-refractivity contribution in [2.75, 3.05) is 0 Å². The SMILES string of the molecule is O=C(Cc1ccc(C(F)(F)F)cc1)c1ccco1. The molecular weight excluding hydrogens is 245 g/mol. The van der Waals surface area contributed by atoms with E-state index in [9.17, 15) is 18.0 Å². The molecule has 0 aliphatic rings. The molecule has 5 heteroatoms. The maximum Gasteiger partial charge on any atom is 0.416 e. The summed E-state index contributed by atoms with van der Waals surface area (Å²) in [5.41, 5.74) is -0.207. The van der Waals surface area contributed by atoms with Gasteiger partial charge in [0.2, 0.25) is 5.78 Å². The Labute approximate surface area is 101 Å². The zero-order chi connectivity index (χ0) is 13.2. The topological polar surface area (TPSA) is 30.2 Å². The van der Waals surface area contributed by atoms with E-state index in [1.54, 1.807) is 6.07 Å². The Morgan fingerprint density at radius 1 is 1.11 bits per heavy atom. The van der Waals surface area contributed by atoms with E-state index < -0.39 is 11.7 Å². The van der Waals surface area contributed by atoms with Gasteiger partial charge in [0.05, 0.1) is 11.8 Å².